The van der Waals surface area contributed by atoms with Gasteiger partial charge in [0.25, 0.3) is 0 Å². The first-order valence-electron chi connectivity index (χ1n) is 12.6. The molecule has 0 aromatic rings. The summed E-state index contributed by atoms with van der Waals surface area (Å²) in [6, 6.07) is 0. The molecule has 1 spiro atoms. The molecule has 6 unspecified atom stereocenters. The molecule has 2 amide bonds. The summed E-state index contributed by atoms with van der Waals surface area (Å²) >= 11 is 0. The molecule has 0 aromatic heterocycles. The van der Waals surface area contributed by atoms with Crippen molar-refractivity contribution < 1.29 is 28.5 Å². The molecule has 2 heterocycles. The van der Waals surface area contributed by atoms with Gasteiger partial charge in [0.1, 0.15) is 23.4 Å². The van der Waals surface area contributed by atoms with Gasteiger partial charge in [-0.1, -0.05) is 24.5 Å². The first-order chi connectivity index (χ1) is 16.3. The van der Waals surface area contributed by atoms with E-state index < -0.39 is 6.09 Å². The SMILES string of the molecule is COC1C(OC(=O)NCCCCCCNC(=O)CN)CCC2(CO2)C1C1(C)OC1CC=C(C)C. The number of carbonyl (C=O) groups excluding carboxylic acids is 2. The van der Waals surface area contributed by atoms with Crippen molar-refractivity contribution in [2.24, 2.45) is 11.7 Å². The zero-order chi connectivity index (χ0) is 24.8. The van der Waals surface area contributed by atoms with Crippen LogP contribution in [-0.4, -0.2) is 74.9 Å². The summed E-state index contributed by atoms with van der Waals surface area (Å²) in [5.41, 5.74) is 5.96. The third-order valence-corrected chi connectivity index (χ3v) is 7.38. The van der Waals surface area contributed by atoms with Crippen LogP contribution in [0.1, 0.15) is 65.7 Å². The number of unbranched alkanes of at least 4 members (excludes halogenated alkanes) is 3. The Morgan fingerprint density at radius 1 is 1.15 bits per heavy atom. The van der Waals surface area contributed by atoms with Crippen LogP contribution >= 0.6 is 0 Å². The molecule has 194 valence electrons. The molecular weight excluding hydrogens is 438 g/mol. The zero-order valence-corrected chi connectivity index (χ0v) is 21.2. The predicted octanol–water partition coefficient (Wildman–Crippen LogP) is 2.42. The highest BCUT2D eigenvalue weighted by atomic mass is 16.6. The van der Waals surface area contributed by atoms with E-state index in [2.05, 4.69) is 37.5 Å². The van der Waals surface area contributed by atoms with Crippen molar-refractivity contribution >= 4 is 12.0 Å². The zero-order valence-electron chi connectivity index (χ0n) is 21.2. The summed E-state index contributed by atoms with van der Waals surface area (Å²) in [6.45, 7) is 8.25. The van der Waals surface area contributed by atoms with Gasteiger partial charge in [0.05, 0.1) is 25.2 Å². The van der Waals surface area contributed by atoms with E-state index >= 15 is 0 Å². The second-order valence-electron chi connectivity index (χ2n) is 10.2. The Morgan fingerprint density at radius 3 is 2.41 bits per heavy atom. The van der Waals surface area contributed by atoms with Crippen molar-refractivity contribution in [3.05, 3.63) is 11.6 Å². The fraction of sp³-hybridized carbons (Fsp3) is 0.840. The number of allylic oxidation sites excluding steroid dienone is 1. The highest BCUT2D eigenvalue weighted by molar-refractivity contribution is 5.77. The van der Waals surface area contributed by atoms with Crippen LogP contribution in [0.5, 0.6) is 0 Å². The molecular formula is C25H43N3O6. The Balaban J connectivity index is 1.43. The molecule has 34 heavy (non-hydrogen) atoms. The average Bonchev–Trinajstić information content (AvgIpc) is 3.72. The van der Waals surface area contributed by atoms with E-state index in [1.54, 1.807) is 7.11 Å². The minimum atomic E-state index is -0.406. The number of nitrogens with two attached hydrogens (primary N) is 1. The normalized spacial score (nSPS) is 33.8. The molecule has 1 aliphatic carbocycles. The van der Waals surface area contributed by atoms with Crippen LogP contribution in [0.4, 0.5) is 4.79 Å². The van der Waals surface area contributed by atoms with Gasteiger partial charge in [-0.2, -0.15) is 0 Å². The summed E-state index contributed by atoms with van der Waals surface area (Å²) in [7, 11) is 1.68. The summed E-state index contributed by atoms with van der Waals surface area (Å²) in [4.78, 5) is 23.6. The third kappa shape index (κ3) is 6.71. The number of rotatable bonds is 13. The van der Waals surface area contributed by atoms with Crippen LogP contribution in [0.25, 0.3) is 0 Å². The molecule has 6 atom stereocenters. The van der Waals surface area contributed by atoms with Crippen molar-refractivity contribution in [1.29, 1.82) is 0 Å². The minimum absolute atomic E-state index is 0.0203. The number of nitrogens with one attached hydrogen (secondary N) is 2. The van der Waals surface area contributed by atoms with E-state index in [0.29, 0.717) is 26.1 Å². The van der Waals surface area contributed by atoms with Gasteiger partial charge in [0, 0.05) is 20.2 Å². The lowest BCUT2D eigenvalue weighted by Gasteiger charge is -2.42. The molecule has 0 radical (unpaired) electrons. The molecule has 9 heteroatoms. The number of hydrogen-bond donors (Lipinski definition) is 3. The van der Waals surface area contributed by atoms with Crippen molar-refractivity contribution in [2.45, 2.75) is 95.2 Å². The van der Waals surface area contributed by atoms with E-state index in [0.717, 1.165) is 38.5 Å². The summed E-state index contributed by atoms with van der Waals surface area (Å²) < 4.78 is 23.9. The minimum Gasteiger partial charge on any atom is -0.443 e. The largest absolute Gasteiger partial charge is 0.443 e. The van der Waals surface area contributed by atoms with Crippen LogP contribution in [0.2, 0.25) is 0 Å². The second kappa shape index (κ2) is 11.8. The maximum atomic E-state index is 12.5. The molecule has 3 aliphatic rings. The Hall–Kier alpha value is -1.68. The van der Waals surface area contributed by atoms with Gasteiger partial charge >= 0.3 is 6.09 Å². The molecule has 1 saturated carbocycles. The molecule has 0 bridgehead atoms. The topological polar surface area (TPSA) is 128 Å². The molecule has 9 nitrogen and oxygen atoms in total. The second-order valence-corrected chi connectivity index (χ2v) is 10.2. The lowest BCUT2D eigenvalue weighted by atomic mass is 9.68. The maximum Gasteiger partial charge on any atom is 0.407 e. The Morgan fingerprint density at radius 2 is 1.82 bits per heavy atom. The van der Waals surface area contributed by atoms with Crippen LogP contribution in [0.3, 0.4) is 0 Å². The number of ether oxygens (including phenoxy) is 4. The van der Waals surface area contributed by atoms with E-state index in [-0.39, 0.29) is 47.9 Å². The molecule has 2 saturated heterocycles. The number of epoxide rings is 2. The third-order valence-electron chi connectivity index (χ3n) is 7.38. The van der Waals surface area contributed by atoms with Gasteiger partial charge < -0.3 is 35.3 Å². The fourth-order valence-corrected chi connectivity index (χ4v) is 5.34. The smallest absolute Gasteiger partial charge is 0.407 e. The predicted molar refractivity (Wildman–Crippen MR) is 128 cm³/mol. The van der Waals surface area contributed by atoms with Gasteiger partial charge in [-0.3, -0.25) is 4.79 Å². The van der Waals surface area contributed by atoms with Gasteiger partial charge in [-0.25, -0.2) is 4.79 Å². The summed E-state index contributed by atoms with van der Waals surface area (Å²) in [5.74, 6) is -0.111. The summed E-state index contributed by atoms with van der Waals surface area (Å²) in [5, 5.41) is 5.62. The maximum absolute atomic E-state index is 12.5. The van der Waals surface area contributed by atoms with Crippen molar-refractivity contribution in [3.8, 4) is 0 Å². The van der Waals surface area contributed by atoms with Gasteiger partial charge in [-0.05, 0) is 52.9 Å². The van der Waals surface area contributed by atoms with Crippen LogP contribution in [0.15, 0.2) is 11.6 Å². The number of alkyl carbamates (subject to hydrolysis) is 1. The monoisotopic (exact) mass is 481 g/mol. The Kier molecular flexibility index (Phi) is 9.37. The fourth-order valence-electron chi connectivity index (χ4n) is 5.34. The van der Waals surface area contributed by atoms with Crippen LogP contribution in [-0.2, 0) is 23.7 Å². The number of methoxy groups -OCH3 is 1. The number of amides is 2. The number of carbonyl (C=O) groups is 2. The van der Waals surface area contributed by atoms with E-state index in [1.807, 2.05) is 0 Å². The van der Waals surface area contributed by atoms with Crippen molar-refractivity contribution in [3.63, 3.8) is 0 Å². The van der Waals surface area contributed by atoms with E-state index in [9.17, 15) is 9.59 Å². The lowest BCUT2D eigenvalue weighted by Crippen LogP contribution is -2.56. The van der Waals surface area contributed by atoms with Crippen molar-refractivity contribution in [1.82, 2.24) is 10.6 Å². The van der Waals surface area contributed by atoms with Gasteiger partial charge in [0.15, 0.2) is 0 Å². The summed E-state index contributed by atoms with van der Waals surface area (Å²) in [6.07, 6.45) is 7.44. The highest BCUT2D eigenvalue weighted by Gasteiger charge is 2.72. The molecule has 4 N–H and O–H groups in total. The van der Waals surface area contributed by atoms with Crippen LogP contribution < -0.4 is 16.4 Å². The first-order valence-corrected chi connectivity index (χ1v) is 12.6. The van der Waals surface area contributed by atoms with Crippen LogP contribution in [0, 0.1) is 5.92 Å². The molecule has 0 aromatic carbocycles. The molecule has 2 aliphatic heterocycles. The molecule has 3 fully saturated rings. The Labute approximate surface area is 203 Å². The molecule has 3 rings (SSSR count). The quantitative estimate of drug-likeness (QED) is 0.209. The van der Waals surface area contributed by atoms with Gasteiger partial charge in [0.2, 0.25) is 5.91 Å². The first kappa shape index (κ1) is 26.9. The van der Waals surface area contributed by atoms with E-state index in [1.165, 1.54) is 5.57 Å². The Bertz CT molecular complexity index is 736. The highest BCUT2D eigenvalue weighted by Crippen LogP contribution is 2.59. The number of hydrogen-bond acceptors (Lipinski definition) is 7. The van der Waals surface area contributed by atoms with Gasteiger partial charge in [-0.15, -0.1) is 0 Å². The van der Waals surface area contributed by atoms with Crippen molar-refractivity contribution in [2.75, 3.05) is 33.4 Å². The lowest BCUT2D eigenvalue weighted by molar-refractivity contribution is -0.119. The average molecular weight is 482 g/mol. The van der Waals surface area contributed by atoms with E-state index in [4.69, 9.17) is 24.7 Å². The standard InChI is InChI=1S/C25H43N3O6/c1-17(2)9-10-19-24(3,34-19)22-21(31-4)18(11-12-25(22)16-32-25)33-23(30)28-14-8-6-5-7-13-27-20(29)15-26/h9,18-19,21-22H,5-8,10-16,26H2,1-4H3,(H,27,29)(H,28,30).